The van der Waals surface area contributed by atoms with Crippen LogP contribution in [0.25, 0.3) is 0 Å². The molecule has 60 heavy (non-hydrogen) atoms. The van der Waals surface area contributed by atoms with Crippen molar-refractivity contribution in [3.8, 4) is 0 Å². The Morgan fingerprint density at radius 2 is 1.07 bits per heavy atom. The number of ketones is 1. The van der Waals surface area contributed by atoms with Crippen LogP contribution >= 0.6 is 0 Å². The van der Waals surface area contributed by atoms with E-state index in [1.807, 2.05) is 0 Å². The minimum absolute atomic E-state index is 0.0216. The Bertz CT molecular complexity index is 1340. The number of aldehydes is 1. The number of carboxylic acid groups (broad SMARTS) is 2. The summed E-state index contributed by atoms with van der Waals surface area (Å²) in [6.07, 6.45) is 17.1. The molecule has 16 nitrogen and oxygen atoms in total. The van der Waals surface area contributed by atoms with Crippen LogP contribution in [-0.4, -0.2) is 117 Å². The van der Waals surface area contributed by atoms with Crippen molar-refractivity contribution in [3.63, 3.8) is 0 Å². The minimum Gasteiger partial charge on any atom is -0.481 e. The van der Waals surface area contributed by atoms with Gasteiger partial charge in [0.1, 0.15) is 25.5 Å². The molecule has 5 N–H and O–H groups in total. The van der Waals surface area contributed by atoms with Crippen LogP contribution in [0.15, 0.2) is 24.3 Å². The van der Waals surface area contributed by atoms with Crippen LogP contribution in [0.5, 0.6) is 0 Å². The number of nitrogens with one attached hydrogen (secondary N) is 3. The van der Waals surface area contributed by atoms with Crippen molar-refractivity contribution < 1.29 is 62.7 Å². The number of Topliss-reactive ketones (excluding diaryl/α,β-unsaturated/α-hetero) is 1. The molecule has 1 aromatic rings. The molecular formula is C44H71N3O13. The lowest BCUT2D eigenvalue weighted by Gasteiger charge is -2.14. The average molecular weight is 850 g/mol. The van der Waals surface area contributed by atoms with Crippen molar-refractivity contribution >= 4 is 41.7 Å². The van der Waals surface area contributed by atoms with E-state index in [2.05, 4.69) is 16.0 Å². The molecule has 0 saturated heterocycles. The van der Waals surface area contributed by atoms with Gasteiger partial charge in [-0.15, -0.1) is 0 Å². The van der Waals surface area contributed by atoms with Gasteiger partial charge in [-0.2, -0.15) is 0 Å². The van der Waals surface area contributed by atoms with Crippen molar-refractivity contribution in [2.75, 3.05) is 59.4 Å². The molecule has 1 aromatic carbocycles. The highest BCUT2D eigenvalue weighted by Gasteiger charge is 2.20. The smallest absolute Gasteiger partial charge is 0.326 e. The van der Waals surface area contributed by atoms with E-state index in [0.29, 0.717) is 38.0 Å². The van der Waals surface area contributed by atoms with Gasteiger partial charge in [-0.25, -0.2) is 4.79 Å². The van der Waals surface area contributed by atoms with E-state index in [-0.39, 0.29) is 102 Å². The van der Waals surface area contributed by atoms with Crippen molar-refractivity contribution in [1.29, 1.82) is 0 Å². The summed E-state index contributed by atoms with van der Waals surface area (Å²) in [7, 11) is 0. The quantitative estimate of drug-likeness (QED) is 0.0415. The highest BCUT2D eigenvalue weighted by molar-refractivity contribution is 5.84. The third kappa shape index (κ3) is 33.6. The van der Waals surface area contributed by atoms with Gasteiger partial charge >= 0.3 is 11.9 Å². The fraction of sp³-hybridized carbons (Fsp3) is 0.705. The first-order valence-electron chi connectivity index (χ1n) is 21.7. The molecule has 0 aliphatic carbocycles. The predicted octanol–water partition coefficient (Wildman–Crippen LogP) is 5.32. The highest BCUT2D eigenvalue weighted by atomic mass is 16.5. The maximum Gasteiger partial charge on any atom is 0.326 e. The molecule has 0 unspecified atom stereocenters. The second-order valence-electron chi connectivity index (χ2n) is 14.8. The van der Waals surface area contributed by atoms with Crippen LogP contribution in [0.2, 0.25) is 0 Å². The first-order valence-corrected chi connectivity index (χ1v) is 21.7. The number of hydrogen-bond donors (Lipinski definition) is 5. The first-order chi connectivity index (χ1) is 29.1. The highest BCUT2D eigenvalue weighted by Crippen LogP contribution is 2.14. The second kappa shape index (κ2) is 37.7. The van der Waals surface area contributed by atoms with E-state index in [0.717, 1.165) is 50.4 Å². The first kappa shape index (κ1) is 53.8. The Hall–Kier alpha value is -4.25. The number of carbonyl (C=O) groups excluding carboxylic acids is 5. The summed E-state index contributed by atoms with van der Waals surface area (Å²) >= 11 is 0. The summed E-state index contributed by atoms with van der Waals surface area (Å²) < 4.78 is 21.5. The second-order valence-corrected chi connectivity index (χ2v) is 14.8. The zero-order valence-corrected chi connectivity index (χ0v) is 35.6. The van der Waals surface area contributed by atoms with Crippen molar-refractivity contribution in [3.05, 3.63) is 35.4 Å². The van der Waals surface area contributed by atoms with Crippen LogP contribution < -0.4 is 16.0 Å². The summed E-state index contributed by atoms with van der Waals surface area (Å²) in [4.78, 5) is 81.3. The predicted molar refractivity (Wildman–Crippen MR) is 225 cm³/mol. The number of amides is 3. The maximum absolute atomic E-state index is 12.3. The molecule has 0 fully saturated rings. The molecule has 16 heteroatoms. The number of ether oxygens (including phenoxy) is 4. The van der Waals surface area contributed by atoms with Gasteiger partial charge in [0.2, 0.25) is 17.7 Å². The zero-order chi connectivity index (χ0) is 43.9. The van der Waals surface area contributed by atoms with Gasteiger partial charge in [-0.05, 0) is 31.2 Å². The van der Waals surface area contributed by atoms with Crippen molar-refractivity contribution in [1.82, 2.24) is 16.0 Å². The molecule has 0 aliphatic heterocycles. The Kier molecular flexibility index (Phi) is 33.8. The number of unbranched alkanes of at least 4 members (excludes halogenated alkanes) is 13. The lowest BCUT2D eigenvalue weighted by atomic mass is 10.0. The Morgan fingerprint density at radius 1 is 0.533 bits per heavy atom. The fourth-order valence-electron chi connectivity index (χ4n) is 6.03. The summed E-state index contributed by atoms with van der Waals surface area (Å²) in [5.74, 6) is -2.91. The van der Waals surface area contributed by atoms with Gasteiger partial charge in [0.15, 0.2) is 5.78 Å². The van der Waals surface area contributed by atoms with Gasteiger partial charge in [-0.3, -0.25) is 28.8 Å². The maximum atomic E-state index is 12.3. The Labute approximate surface area is 355 Å². The third-order valence-corrected chi connectivity index (χ3v) is 9.50. The molecule has 0 bridgehead atoms. The van der Waals surface area contributed by atoms with E-state index in [1.165, 1.54) is 44.9 Å². The van der Waals surface area contributed by atoms with Gasteiger partial charge in [-0.1, -0.05) is 101 Å². The average Bonchev–Trinajstić information content (AvgIpc) is 3.23. The third-order valence-electron chi connectivity index (χ3n) is 9.50. The summed E-state index contributed by atoms with van der Waals surface area (Å²) in [6, 6.07) is 5.76. The molecule has 0 heterocycles. The van der Waals surface area contributed by atoms with Crippen LogP contribution in [-0.2, 0) is 54.3 Å². The largest absolute Gasteiger partial charge is 0.481 e. The van der Waals surface area contributed by atoms with Crippen LogP contribution in [0.1, 0.15) is 144 Å². The van der Waals surface area contributed by atoms with Crippen LogP contribution in [0, 0.1) is 0 Å². The van der Waals surface area contributed by atoms with E-state index in [9.17, 15) is 38.7 Å². The van der Waals surface area contributed by atoms with Gasteiger partial charge in [0.05, 0.1) is 33.0 Å². The van der Waals surface area contributed by atoms with Crippen LogP contribution in [0.3, 0.4) is 0 Å². The van der Waals surface area contributed by atoms with Gasteiger partial charge < -0.3 is 45.1 Å². The minimum atomic E-state index is -1.18. The topological polar surface area (TPSA) is 233 Å². The number of hydrogen-bond acceptors (Lipinski definition) is 11. The number of carbonyl (C=O) groups is 7. The molecule has 1 atom stereocenters. The normalized spacial score (nSPS) is 11.5. The molecule has 0 radical (unpaired) electrons. The number of aliphatic carboxylic acids is 2. The molecule has 3 amide bonds. The lowest BCUT2D eigenvalue weighted by Crippen LogP contribution is -2.41. The summed E-state index contributed by atoms with van der Waals surface area (Å²) in [6.45, 7) is 1.94. The number of rotatable bonds is 42. The molecule has 1 rings (SSSR count). The standard InChI is InChI=1S/C44H71N3O13/c48-33-37-21-19-36(20-22-37)32-46-42(52)35-60-31-28-57-26-15-16-38(49)34-59-30-29-58-27-25-45-40(50)24-23-39(44(55)56)47-41(51)17-13-11-9-7-5-3-1-2-4-6-8-10-12-14-18-43(53)54/h19-22,33,39H,1-18,23-32,34-35H2,(H,45,50)(H,46,52)(H,47,51)(H,53,54)(H,55,56)/t39-/m0/s1. The van der Waals surface area contributed by atoms with Crippen molar-refractivity contribution in [2.45, 2.75) is 141 Å². The summed E-state index contributed by atoms with van der Waals surface area (Å²) in [5.41, 5.74) is 1.44. The van der Waals surface area contributed by atoms with Crippen LogP contribution in [0.4, 0.5) is 0 Å². The van der Waals surface area contributed by atoms with Gasteiger partial charge in [0.25, 0.3) is 0 Å². The Balaban J connectivity index is 1.91. The molecule has 0 aliphatic rings. The van der Waals surface area contributed by atoms with E-state index in [1.54, 1.807) is 24.3 Å². The monoisotopic (exact) mass is 849 g/mol. The van der Waals surface area contributed by atoms with Crippen molar-refractivity contribution in [2.24, 2.45) is 0 Å². The fourth-order valence-corrected chi connectivity index (χ4v) is 6.03. The molecule has 0 aromatic heterocycles. The number of benzene rings is 1. The molecular weight excluding hydrogens is 778 g/mol. The van der Waals surface area contributed by atoms with E-state index >= 15 is 0 Å². The van der Waals surface area contributed by atoms with E-state index < -0.39 is 18.0 Å². The zero-order valence-electron chi connectivity index (χ0n) is 35.6. The SMILES string of the molecule is O=Cc1ccc(CNC(=O)COCCOCCCC(=O)COCCOCCNC(=O)CC[C@H](NC(=O)CCCCCCCCCCCCCCCCC(=O)O)C(=O)O)cc1. The Morgan fingerprint density at radius 3 is 1.63 bits per heavy atom. The molecule has 340 valence electrons. The molecule has 0 saturated carbocycles. The number of carboxylic acids is 2. The molecule has 0 spiro atoms. The summed E-state index contributed by atoms with van der Waals surface area (Å²) in [5, 5.41) is 26.1. The van der Waals surface area contributed by atoms with Gasteiger partial charge in [0, 0.05) is 50.9 Å². The van der Waals surface area contributed by atoms with E-state index in [4.69, 9.17) is 24.1 Å². The lowest BCUT2D eigenvalue weighted by molar-refractivity contribution is -0.142.